The average molecular weight is 129 g/mol. The van der Waals surface area contributed by atoms with Crippen LogP contribution in [0.5, 0.6) is 0 Å². The summed E-state index contributed by atoms with van der Waals surface area (Å²) in [6.07, 6.45) is 1.55. The van der Waals surface area contributed by atoms with Gasteiger partial charge in [0, 0.05) is 18.9 Å². The summed E-state index contributed by atoms with van der Waals surface area (Å²) in [7, 11) is 1.60. The average Bonchev–Trinajstić information content (AvgIpc) is 1.83. The molecule has 0 aliphatic heterocycles. The van der Waals surface area contributed by atoms with Gasteiger partial charge in [0.25, 0.3) is 0 Å². The highest BCUT2D eigenvalue weighted by Gasteiger charge is 1.82. The smallest absolute Gasteiger partial charge is 0.0490 e. The predicted molar refractivity (Wildman–Crippen MR) is 34.0 cm³/mol. The Bertz CT molecular complexity index is 114. The summed E-state index contributed by atoms with van der Waals surface area (Å²) in [5, 5.41) is 4.26. The molecule has 0 fully saturated rings. The van der Waals surface area contributed by atoms with E-state index in [1.807, 2.05) is 0 Å². The summed E-state index contributed by atoms with van der Waals surface area (Å²) < 4.78 is 0. The molecular weight excluding hydrogens is 118 g/mol. The van der Waals surface area contributed by atoms with E-state index in [1.54, 1.807) is 20.2 Å². The fourth-order valence-corrected chi connectivity index (χ4v) is 0.224. The summed E-state index contributed by atoms with van der Waals surface area (Å²) >= 11 is 0. The largest absolute Gasteiger partial charge is 0.401 e. The van der Waals surface area contributed by atoms with Crippen LogP contribution < -0.4 is 11.2 Å². The standard InChI is InChI=1S/C4H11N5/c1-4(5)3-7-9(2)8-6/h3,6-7H,5H2,1-2H3/b4-3+,8-6?. The van der Waals surface area contributed by atoms with E-state index in [4.69, 9.17) is 11.3 Å². The highest BCUT2D eigenvalue weighted by Crippen LogP contribution is 1.77. The first kappa shape index (κ1) is 7.74. The van der Waals surface area contributed by atoms with Gasteiger partial charge in [-0.3, -0.25) is 5.43 Å². The third kappa shape index (κ3) is 4.60. The lowest BCUT2D eigenvalue weighted by Crippen LogP contribution is -2.24. The number of hydrogen-bond donors (Lipinski definition) is 3. The molecule has 0 saturated heterocycles. The molecule has 0 heterocycles. The Kier molecular flexibility index (Phi) is 3.19. The Balaban J connectivity index is 3.49. The third-order valence-corrected chi connectivity index (χ3v) is 0.629. The van der Waals surface area contributed by atoms with Crippen molar-refractivity contribution in [3.8, 4) is 0 Å². The van der Waals surface area contributed by atoms with E-state index in [0.717, 1.165) is 0 Å². The molecule has 0 rings (SSSR count). The van der Waals surface area contributed by atoms with Crippen molar-refractivity contribution in [3.63, 3.8) is 0 Å². The first-order chi connectivity index (χ1) is 4.16. The number of rotatable bonds is 3. The molecule has 0 unspecified atom stereocenters. The van der Waals surface area contributed by atoms with Gasteiger partial charge in [-0.2, -0.15) is 10.6 Å². The van der Waals surface area contributed by atoms with Gasteiger partial charge in [-0.1, -0.05) is 5.22 Å². The minimum Gasteiger partial charge on any atom is -0.401 e. The van der Waals surface area contributed by atoms with E-state index in [0.29, 0.717) is 5.70 Å². The van der Waals surface area contributed by atoms with E-state index >= 15 is 0 Å². The van der Waals surface area contributed by atoms with Gasteiger partial charge < -0.3 is 5.73 Å². The molecule has 52 valence electrons. The van der Waals surface area contributed by atoms with Crippen molar-refractivity contribution in [2.75, 3.05) is 7.05 Å². The van der Waals surface area contributed by atoms with Crippen molar-refractivity contribution >= 4 is 0 Å². The fourth-order valence-electron chi connectivity index (χ4n) is 0.224. The van der Waals surface area contributed by atoms with Crippen LogP contribution in [0.2, 0.25) is 0 Å². The van der Waals surface area contributed by atoms with E-state index in [9.17, 15) is 0 Å². The molecule has 5 heteroatoms. The molecule has 0 radical (unpaired) electrons. The van der Waals surface area contributed by atoms with Gasteiger partial charge >= 0.3 is 0 Å². The lowest BCUT2D eigenvalue weighted by Gasteiger charge is -2.08. The monoisotopic (exact) mass is 129 g/mol. The van der Waals surface area contributed by atoms with Crippen LogP contribution in [0.3, 0.4) is 0 Å². The van der Waals surface area contributed by atoms with Gasteiger partial charge in [-0.15, -0.1) is 0 Å². The van der Waals surface area contributed by atoms with Crippen LogP contribution in [-0.4, -0.2) is 12.2 Å². The topological polar surface area (TPSA) is 77.5 Å². The van der Waals surface area contributed by atoms with E-state index in [2.05, 4.69) is 10.6 Å². The number of nitrogens with two attached hydrogens (primary N) is 1. The number of nitrogens with zero attached hydrogens (tertiary/aromatic N) is 2. The highest BCUT2D eigenvalue weighted by atomic mass is 15.7. The number of nitrogens with one attached hydrogen (secondary N) is 2. The first-order valence-electron chi connectivity index (χ1n) is 2.46. The quantitative estimate of drug-likeness (QED) is 0.376. The van der Waals surface area contributed by atoms with Crippen LogP contribution in [0.15, 0.2) is 17.1 Å². The van der Waals surface area contributed by atoms with E-state index < -0.39 is 0 Å². The maximum Gasteiger partial charge on any atom is 0.0490 e. The second kappa shape index (κ2) is 3.71. The summed E-state index contributed by atoms with van der Waals surface area (Å²) in [6, 6.07) is 0. The zero-order valence-corrected chi connectivity index (χ0v) is 5.55. The molecule has 0 spiro atoms. The SMILES string of the molecule is C/C(N)=C\NN(C)N=N. The zero-order chi connectivity index (χ0) is 7.28. The molecule has 0 amide bonds. The number of allylic oxidation sites excluding steroid dienone is 1. The van der Waals surface area contributed by atoms with Gasteiger partial charge in [0.05, 0.1) is 0 Å². The van der Waals surface area contributed by atoms with E-state index in [1.165, 1.54) is 5.12 Å². The second-order valence-electron chi connectivity index (χ2n) is 1.64. The van der Waals surface area contributed by atoms with Gasteiger partial charge in [0.15, 0.2) is 0 Å². The Morgan fingerprint density at radius 2 is 2.44 bits per heavy atom. The van der Waals surface area contributed by atoms with Gasteiger partial charge in [-0.05, 0) is 6.92 Å². The van der Waals surface area contributed by atoms with Gasteiger partial charge in [0.2, 0.25) is 0 Å². The molecule has 5 nitrogen and oxygen atoms in total. The number of hydrogen-bond acceptors (Lipinski definition) is 4. The van der Waals surface area contributed by atoms with Crippen molar-refractivity contribution in [2.45, 2.75) is 6.92 Å². The minimum atomic E-state index is 0.644. The van der Waals surface area contributed by atoms with Crippen LogP contribution >= 0.6 is 0 Å². The summed E-state index contributed by atoms with van der Waals surface area (Å²) in [5.41, 5.74) is 15.0. The Labute approximate surface area is 54.0 Å². The van der Waals surface area contributed by atoms with Crippen molar-refractivity contribution in [2.24, 2.45) is 11.0 Å². The lowest BCUT2D eigenvalue weighted by atomic mass is 10.6. The van der Waals surface area contributed by atoms with Crippen LogP contribution in [-0.2, 0) is 0 Å². The summed E-state index contributed by atoms with van der Waals surface area (Å²) in [5.74, 6) is 0. The van der Waals surface area contributed by atoms with Crippen molar-refractivity contribution in [1.29, 1.82) is 5.53 Å². The third-order valence-electron chi connectivity index (χ3n) is 0.629. The molecule has 0 atom stereocenters. The van der Waals surface area contributed by atoms with E-state index in [-0.39, 0.29) is 0 Å². The molecule has 4 N–H and O–H groups in total. The predicted octanol–water partition coefficient (Wildman–Crippen LogP) is 0.189. The van der Waals surface area contributed by atoms with Crippen LogP contribution in [0.25, 0.3) is 0 Å². The summed E-state index contributed by atoms with van der Waals surface area (Å²) in [4.78, 5) is 0. The van der Waals surface area contributed by atoms with Crippen LogP contribution in [0, 0.1) is 5.53 Å². The molecular formula is C4H11N5. The fraction of sp³-hybridized carbons (Fsp3) is 0.500. The Morgan fingerprint density at radius 3 is 2.78 bits per heavy atom. The van der Waals surface area contributed by atoms with Crippen molar-refractivity contribution in [3.05, 3.63) is 11.9 Å². The number of hydrazine groups is 1. The molecule has 0 aromatic carbocycles. The Morgan fingerprint density at radius 1 is 1.89 bits per heavy atom. The highest BCUT2D eigenvalue weighted by molar-refractivity contribution is 4.87. The lowest BCUT2D eigenvalue weighted by molar-refractivity contribution is 0.261. The first-order valence-corrected chi connectivity index (χ1v) is 2.46. The van der Waals surface area contributed by atoms with Crippen LogP contribution in [0.4, 0.5) is 0 Å². The van der Waals surface area contributed by atoms with Crippen molar-refractivity contribution in [1.82, 2.24) is 10.5 Å². The zero-order valence-electron chi connectivity index (χ0n) is 5.55. The molecule has 0 aliphatic rings. The van der Waals surface area contributed by atoms with Crippen molar-refractivity contribution < 1.29 is 0 Å². The second-order valence-corrected chi connectivity index (χ2v) is 1.64. The summed E-state index contributed by atoms with van der Waals surface area (Å²) in [6.45, 7) is 1.74. The van der Waals surface area contributed by atoms with Gasteiger partial charge in [0.1, 0.15) is 0 Å². The molecule has 9 heavy (non-hydrogen) atoms. The molecule has 0 saturated carbocycles. The van der Waals surface area contributed by atoms with Crippen LogP contribution in [0.1, 0.15) is 6.92 Å². The minimum absolute atomic E-state index is 0.644. The molecule has 0 aliphatic carbocycles. The molecule has 0 aromatic heterocycles. The van der Waals surface area contributed by atoms with Gasteiger partial charge in [-0.25, -0.2) is 0 Å². The maximum absolute atomic E-state index is 6.47. The normalized spacial score (nSPS) is 10.7. The maximum atomic E-state index is 6.47. The molecule has 0 bridgehead atoms. The Hall–Kier alpha value is -1.26. The molecule has 0 aromatic rings.